The average molecular weight is 1150 g/mol. The van der Waals surface area contributed by atoms with Crippen molar-refractivity contribution in [1.82, 2.24) is 0 Å². The van der Waals surface area contributed by atoms with Gasteiger partial charge in [0.2, 0.25) is 5.43 Å². The van der Waals surface area contributed by atoms with E-state index in [-0.39, 0.29) is 11.1 Å². The third-order valence-corrected chi connectivity index (χ3v) is 13.6. The van der Waals surface area contributed by atoms with Crippen molar-refractivity contribution >= 4 is 60.9 Å². The number of hydrogen-bond acceptors (Lipinski definition) is 4. The van der Waals surface area contributed by atoms with Gasteiger partial charge in [-0.15, -0.1) is 21.9 Å². The van der Waals surface area contributed by atoms with E-state index in [2.05, 4.69) is 0 Å². The van der Waals surface area contributed by atoms with Gasteiger partial charge in [0.25, 0.3) is 0 Å². The van der Waals surface area contributed by atoms with Gasteiger partial charge in [0.1, 0.15) is 69.4 Å². The molecule has 0 atom stereocenters. The molecular weight excluding hydrogens is 1130 g/mol. The van der Waals surface area contributed by atoms with E-state index in [1.807, 2.05) is 48.5 Å². The minimum absolute atomic E-state index is 0.0118. The van der Waals surface area contributed by atoms with Gasteiger partial charge in [0.15, 0.2) is 76.9 Å². The summed E-state index contributed by atoms with van der Waals surface area (Å²) >= 11 is -0.530. The van der Waals surface area contributed by atoms with Crippen LogP contribution in [0.5, 0.6) is 0 Å². The van der Waals surface area contributed by atoms with Gasteiger partial charge in [0, 0.05) is 23.6 Å². The predicted molar refractivity (Wildman–Crippen MR) is 209 cm³/mol. The van der Waals surface area contributed by atoms with Crippen molar-refractivity contribution in [2.75, 3.05) is 0 Å². The SMILES string of the molecule is Fc1c(F)c(F)c([B-](c2c(F)c(F)c(F)c(F)c2F)(c2c(F)c(F)c(F)c(F)c2F)c2c(F)c(F)c(F)c(F)c2F)c(F)c1F.O=c1ccc2ccc([I+]c3ccc4oc5ccccc5c(=O)c4c3)cc2o1. The number of benzene rings is 7. The van der Waals surface area contributed by atoms with Gasteiger partial charge >= 0.3 is 26.8 Å². The highest BCUT2D eigenvalue weighted by Crippen LogP contribution is 2.31. The van der Waals surface area contributed by atoms with E-state index >= 15 is 35.1 Å². The standard InChI is InChI=1S/C24BF20.C22H12IO4/c26-5-1(6(27)14(35)21(42)13(5)34)25(2-7(28)15(36)22(43)16(37)8(2)29,3-9(30)17(38)23(44)18(39)10(3)31)4-11(32)19(40)24(45)20(41)12(4)33;24-21-10-6-13-5-7-15(12-20(13)27-21)23-14-8-9-19-17(11-14)22(25)16-3-1-2-4-18(16)26-19/h;1-12H/q-1;+1. The normalized spacial score (nSPS) is 11.8. The van der Waals surface area contributed by atoms with Crippen LogP contribution in [0.4, 0.5) is 87.8 Å². The summed E-state index contributed by atoms with van der Waals surface area (Å²) in [5.74, 6) is -71.4. The third kappa shape index (κ3) is 7.80. The molecule has 72 heavy (non-hydrogen) atoms. The summed E-state index contributed by atoms with van der Waals surface area (Å²) in [6.45, 7) is 0. The smallest absolute Gasteiger partial charge is 0.358 e. The molecule has 0 aliphatic carbocycles. The molecule has 2 aromatic heterocycles. The Morgan fingerprint density at radius 2 is 0.653 bits per heavy atom. The van der Waals surface area contributed by atoms with Crippen molar-refractivity contribution in [1.29, 1.82) is 0 Å². The molecule has 0 saturated heterocycles. The second-order valence-corrected chi connectivity index (χ2v) is 17.9. The first kappa shape index (κ1) is 51.0. The lowest BCUT2D eigenvalue weighted by Gasteiger charge is -2.44. The second kappa shape index (κ2) is 18.7. The van der Waals surface area contributed by atoms with Gasteiger partial charge in [0.05, 0.1) is 10.8 Å². The van der Waals surface area contributed by atoms with Crippen LogP contribution in [0, 0.1) is 123 Å². The van der Waals surface area contributed by atoms with E-state index in [1.165, 1.54) is 6.07 Å². The molecule has 0 bridgehead atoms. The molecule has 0 spiro atoms. The first-order valence-electron chi connectivity index (χ1n) is 19.3. The summed E-state index contributed by atoms with van der Waals surface area (Å²) in [6, 6.07) is 22.2. The van der Waals surface area contributed by atoms with Crippen LogP contribution in [0.1, 0.15) is 0 Å². The van der Waals surface area contributed by atoms with Gasteiger partial charge in [-0.05, 0) is 42.5 Å². The van der Waals surface area contributed by atoms with Gasteiger partial charge < -0.3 is 8.83 Å². The Morgan fingerprint density at radius 3 is 1.07 bits per heavy atom. The fraction of sp³-hybridized carbons (Fsp3) is 0. The fourth-order valence-electron chi connectivity index (χ4n) is 7.93. The van der Waals surface area contributed by atoms with Crippen LogP contribution >= 0.6 is 0 Å². The lowest BCUT2D eigenvalue weighted by molar-refractivity contribution is -0.597. The summed E-state index contributed by atoms with van der Waals surface area (Å²) in [4.78, 5) is 24.2. The largest absolute Gasteiger partial charge is 0.456 e. The molecule has 0 amide bonds. The number of hydrogen-bond donors (Lipinski definition) is 0. The Morgan fingerprint density at radius 1 is 0.319 bits per heavy atom. The van der Waals surface area contributed by atoms with Crippen LogP contribution in [0.15, 0.2) is 91.2 Å². The van der Waals surface area contributed by atoms with Crippen LogP contribution in [-0.2, 0) is 0 Å². The number of para-hydroxylation sites is 1. The monoisotopic (exact) mass is 1150 g/mol. The lowest BCUT2D eigenvalue weighted by atomic mass is 9.12. The van der Waals surface area contributed by atoms with Crippen molar-refractivity contribution in [2.45, 2.75) is 0 Å². The van der Waals surface area contributed by atoms with Crippen molar-refractivity contribution in [3.63, 3.8) is 0 Å². The Kier molecular flexibility index (Phi) is 13.2. The van der Waals surface area contributed by atoms with Crippen LogP contribution in [-0.4, -0.2) is 6.15 Å². The lowest BCUT2D eigenvalue weighted by Crippen LogP contribution is -3.61. The quantitative estimate of drug-likeness (QED) is 0.0342. The van der Waals surface area contributed by atoms with Gasteiger partial charge in [-0.1, -0.05) is 12.1 Å². The molecule has 0 fully saturated rings. The summed E-state index contributed by atoms with van der Waals surface area (Å²) in [5, 5.41) is 2.08. The maximum absolute atomic E-state index is 15.4. The van der Waals surface area contributed by atoms with E-state index in [9.17, 15) is 62.3 Å². The molecule has 9 rings (SSSR count). The fourth-order valence-corrected chi connectivity index (χ4v) is 10.3. The van der Waals surface area contributed by atoms with Crippen LogP contribution < -0.4 is 54.1 Å². The van der Waals surface area contributed by atoms with E-state index in [4.69, 9.17) is 8.83 Å². The van der Waals surface area contributed by atoms with E-state index in [1.54, 1.807) is 18.2 Å². The number of rotatable bonds is 6. The highest BCUT2D eigenvalue weighted by molar-refractivity contribution is 7.20. The van der Waals surface area contributed by atoms with Crippen LogP contribution in [0.2, 0.25) is 0 Å². The molecule has 9 aromatic rings. The van der Waals surface area contributed by atoms with Crippen LogP contribution in [0.3, 0.4) is 0 Å². The summed E-state index contributed by atoms with van der Waals surface area (Å²) < 4.78 is 307. The first-order chi connectivity index (χ1) is 33.9. The average Bonchev–Trinajstić information content (AvgIpc) is 3.36. The molecule has 0 radical (unpaired) electrons. The van der Waals surface area contributed by atoms with E-state index < -0.39 is 166 Å². The molecule has 0 aliphatic rings. The zero-order chi connectivity index (χ0) is 52.7. The van der Waals surface area contributed by atoms with Gasteiger partial charge in [-0.3, -0.25) is 4.79 Å². The predicted octanol–water partition coefficient (Wildman–Crippen LogP) is 7.03. The minimum Gasteiger partial charge on any atom is -0.456 e. The summed E-state index contributed by atoms with van der Waals surface area (Å²) in [6.07, 6.45) is -7.22. The molecule has 26 heteroatoms. The number of halogens is 21. The zero-order valence-electron chi connectivity index (χ0n) is 34.1. The summed E-state index contributed by atoms with van der Waals surface area (Å²) in [5.41, 5.74) is -12.9. The van der Waals surface area contributed by atoms with Gasteiger partial charge in [-0.25, -0.2) is 92.6 Å². The Hall–Kier alpha value is -7.39. The minimum atomic E-state index is -7.22. The number of fused-ring (bicyclic) bond motifs is 3. The second-order valence-electron chi connectivity index (χ2n) is 14.9. The molecular formula is C46H12BF20IO4. The van der Waals surface area contributed by atoms with Crippen molar-refractivity contribution < 1.29 is 118 Å². The van der Waals surface area contributed by atoms with Crippen LogP contribution in [0.25, 0.3) is 32.9 Å². The maximum atomic E-state index is 15.4. The molecule has 0 N–H and O–H groups in total. The highest BCUT2D eigenvalue weighted by Gasteiger charge is 2.52. The maximum Gasteiger partial charge on any atom is 0.358 e. The van der Waals surface area contributed by atoms with Crippen molar-refractivity contribution in [2.24, 2.45) is 0 Å². The Balaban J connectivity index is 0.000000217. The molecule has 2 heterocycles. The molecule has 0 saturated carbocycles. The first-order valence-corrected chi connectivity index (χ1v) is 21.4. The van der Waals surface area contributed by atoms with Gasteiger partial charge in [-0.2, -0.15) is 0 Å². The highest BCUT2D eigenvalue weighted by atomic mass is 127. The van der Waals surface area contributed by atoms with E-state index in [0.29, 0.717) is 27.5 Å². The van der Waals surface area contributed by atoms with Crippen molar-refractivity contribution in [3.8, 4) is 0 Å². The molecule has 370 valence electrons. The van der Waals surface area contributed by atoms with Crippen molar-refractivity contribution in [3.05, 3.63) is 217 Å². The summed E-state index contributed by atoms with van der Waals surface area (Å²) in [7, 11) is 0. The molecule has 0 aliphatic heterocycles. The van der Waals surface area contributed by atoms with E-state index in [0.717, 1.165) is 12.5 Å². The third-order valence-electron chi connectivity index (χ3n) is 11.0. The molecule has 7 aromatic carbocycles. The topological polar surface area (TPSA) is 60.4 Å². The Bertz CT molecular complexity index is 3540. The zero-order valence-corrected chi connectivity index (χ0v) is 36.2. The Labute approximate surface area is 394 Å². The molecule has 4 nitrogen and oxygen atoms in total. The molecule has 0 unspecified atom stereocenters.